The molecule has 1 amide bonds. The molecule has 0 spiro atoms. The molecule has 0 saturated heterocycles. The van der Waals surface area contributed by atoms with Crippen LogP contribution in [0.15, 0.2) is 59.2 Å². The van der Waals surface area contributed by atoms with Crippen molar-refractivity contribution in [2.24, 2.45) is 0 Å². The Hall–Kier alpha value is -2.38. The van der Waals surface area contributed by atoms with Crippen LogP contribution in [0.1, 0.15) is 5.56 Å². The molecule has 1 N–H and O–H groups in total. The van der Waals surface area contributed by atoms with Gasteiger partial charge in [-0.25, -0.2) is 9.50 Å². The zero-order valence-corrected chi connectivity index (χ0v) is 14.3. The van der Waals surface area contributed by atoms with Crippen LogP contribution in [-0.2, 0) is 11.3 Å². The second-order valence-electron chi connectivity index (χ2n) is 5.21. The van der Waals surface area contributed by atoms with Gasteiger partial charge in [0.15, 0.2) is 4.34 Å². The number of nitrogens with zero attached hydrogens (tertiary/aromatic N) is 3. The van der Waals surface area contributed by atoms with E-state index < -0.39 is 0 Å². The summed E-state index contributed by atoms with van der Waals surface area (Å²) in [5.41, 5.74) is 3.00. The molecular formula is C17H14N4OS2. The fraction of sp³-hybridized carbons (Fsp3) is 0.118. The maximum atomic E-state index is 12.1. The van der Waals surface area contributed by atoms with Crippen LogP contribution in [0.3, 0.4) is 0 Å². The highest BCUT2D eigenvalue weighted by Crippen LogP contribution is 2.29. The van der Waals surface area contributed by atoms with Crippen LogP contribution in [0, 0.1) is 0 Å². The summed E-state index contributed by atoms with van der Waals surface area (Å²) in [4.78, 5) is 16.6. The molecule has 4 rings (SSSR count). The van der Waals surface area contributed by atoms with E-state index >= 15 is 0 Å². The van der Waals surface area contributed by atoms with Crippen molar-refractivity contribution in [1.29, 1.82) is 0 Å². The number of rotatable bonds is 5. The molecule has 0 bridgehead atoms. The summed E-state index contributed by atoms with van der Waals surface area (Å²) in [6.07, 6.45) is 3.68. The largest absolute Gasteiger partial charge is 0.351 e. The van der Waals surface area contributed by atoms with Gasteiger partial charge >= 0.3 is 0 Å². The number of nitrogens with one attached hydrogen (secondary N) is 1. The van der Waals surface area contributed by atoms with Gasteiger partial charge in [0, 0.05) is 18.3 Å². The minimum absolute atomic E-state index is 0.00506. The second-order valence-corrected chi connectivity index (χ2v) is 7.47. The molecule has 0 saturated carbocycles. The average molecular weight is 354 g/mol. The molecule has 0 aliphatic rings. The van der Waals surface area contributed by atoms with Crippen LogP contribution in [0.25, 0.3) is 15.7 Å². The van der Waals surface area contributed by atoms with Crippen molar-refractivity contribution in [3.8, 4) is 0 Å². The molecule has 7 heteroatoms. The number of fused-ring (bicyclic) bond motifs is 2. The molecule has 0 aliphatic heterocycles. The van der Waals surface area contributed by atoms with Crippen molar-refractivity contribution in [3.63, 3.8) is 0 Å². The number of hydrogen-bond donors (Lipinski definition) is 1. The van der Waals surface area contributed by atoms with Gasteiger partial charge in [0.25, 0.3) is 0 Å². The average Bonchev–Trinajstić information content (AvgIpc) is 3.21. The lowest BCUT2D eigenvalue weighted by Gasteiger charge is -2.03. The summed E-state index contributed by atoms with van der Waals surface area (Å²) >= 11 is 3.09. The zero-order chi connectivity index (χ0) is 16.4. The third-order valence-electron chi connectivity index (χ3n) is 3.58. The minimum atomic E-state index is -0.00506. The molecule has 3 aromatic heterocycles. The first-order chi connectivity index (χ1) is 11.8. The summed E-state index contributed by atoms with van der Waals surface area (Å²) in [5.74, 6) is 0.355. The molecule has 0 fully saturated rings. The SMILES string of the molecule is O=C(CSc1nc2ccccc2s1)NCc1cnn2ccccc12. The number of benzene rings is 1. The topological polar surface area (TPSA) is 59.3 Å². The fourth-order valence-corrected chi connectivity index (χ4v) is 4.31. The Morgan fingerprint density at radius 2 is 2.08 bits per heavy atom. The third-order valence-corrected chi connectivity index (χ3v) is 5.76. The van der Waals surface area contributed by atoms with E-state index in [4.69, 9.17) is 0 Å². The predicted octanol–water partition coefficient (Wildman–Crippen LogP) is 3.35. The smallest absolute Gasteiger partial charge is 0.230 e. The van der Waals surface area contributed by atoms with Gasteiger partial charge in [0.05, 0.1) is 27.7 Å². The fourth-order valence-electron chi connectivity index (χ4n) is 2.41. The van der Waals surface area contributed by atoms with Gasteiger partial charge in [-0.3, -0.25) is 4.79 Å². The van der Waals surface area contributed by atoms with Gasteiger partial charge in [0.1, 0.15) is 0 Å². The molecule has 5 nitrogen and oxygen atoms in total. The molecule has 0 radical (unpaired) electrons. The van der Waals surface area contributed by atoms with Gasteiger partial charge in [-0.05, 0) is 24.3 Å². The van der Waals surface area contributed by atoms with Crippen LogP contribution in [0.2, 0.25) is 0 Å². The van der Waals surface area contributed by atoms with Gasteiger partial charge in [-0.1, -0.05) is 30.0 Å². The molecule has 3 heterocycles. The maximum Gasteiger partial charge on any atom is 0.230 e. The molecule has 1 aromatic carbocycles. The van der Waals surface area contributed by atoms with E-state index in [-0.39, 0.29) is 5.91 Å². The Bertz CT molecular complexity index is 975. The van der Waals surface area contributed by atoms with Crippen molar-refractivity contribution in [2.45, 2.75) is 10.9 Å². The number of carbonyl (C=O) groups excluding carboxylic acids is 1. The Morgan fingerprint density at radius 3 is 3.00 bits per heavy atom. The number of thiazole rings is 1. The van der Waals surface area contributed by atoms with Crippen molar-refractivity contribution >= 4 is 44.7 Å². The lowest BCUT2D eigenvalue weighted by atomic mass is 10.2. The molecule has 0 aliphatic carbocycles. The molecule has 4 aromatic rings. The molecule has 0 atom stereocenters. The molecule has 24 heavy (non-hydrogen) atoms. The molecular weight excluding hydrogens is 340 g/mol. The Balaban J connectivity index is 1.35. The maximum absolute atomic E-state index is 12.1. The first-order valence-electron chi connectivity index (χ1n) is 7.46. The Labute approximate surface area is 146 Å². The first-order valence-corrected chi connectivity index (χ1v) is 9.26. The van der Waals surface area contributed by atoms with Crippen molar-refractivity contribution in [2.75, 3.05) is 5.75 Å². The van der Waals surface area contributed by atoms with Gasteiger partial charge in [-0.15, -0.1) is 11.3 Å². The highest BCUT2D eigenvalue weighted by Gasteiger charge is 2.09. The van der Waals surface area contributed by atoms with Crippen LogP contribution >= 0.6 is 23.1 Å². The van der Waals surface area contributed by atoms with Crippen LogP contribution < -0.4 is 5.32 Å². The predicted molar refractivity (Wildman–Crippen MR) is 97.4 cm³/mol. The number of amides is 1. The number of carbonyl (C=O) groups is 1. The van der Waals surface area contributed by atoms with Crippen molar-refractivity contribution < 1.29 is 4.79 Å². The number of hydrogen-bond acceptors (Lipinski definition) is 5. The van der Waals surface area contributed by atoms with Gasteiger partial charge in [0.2, 0.25) is 5.91 Å². The van der Waals surface area contributed by atoms with E-state index in [0.29, 0.717) is 12.3 Å². The van der Waals surface area contributed by atoms with E-state index in [2.05, 4.69) is 15.4 Å². The van der Waals surface area contributed by atoms with E-state index in [0.717, 1.165) is 25.6 Å². The van der Waals surface area contributed by atoms with Gasteiger partial charge < -0.3 is 5.32 Å². The van der Waals surface area contributed by atoms with E-state index in [1.807, 2.05) is 48.7 Å². The van der Waals surface area contributed by atoms with Crippen LogP contribution in [-0.4, -0.2) is 26.3 Å². The summed E-state index contributed by atoms with van der Waals surface area (Å²) in [5, 5.41) is 7.21. The lowest BCUT2D eigenvalue weighted by Crippen LogP contribution is -2.24. The third kappa shape index (κ3) is 3.13. The monoisotopic (exact) mass is 354 g/mol. The minimum Gasteiger partial charge on any atom is -0.351 e. The quantitative estimate of drug-likeness (QED) is 0.558. The lowest BCUT2D eigenvalue weighted by molar-refractivity contribution is -0.118. The zero-order valence-electron chi connectivity index (χ0n) is 12.7. The molecule has 0 unspecified atom stereocenters. The number of pyridine rings is 1. The van der Waals surface area contributed by atoms with Gasteiger partial charge in [-0.2, -0.15) is 5.10 Å². The number of aromatic nitrogens is 3. The second kappa shape index (κ2) is 6.62. The van der Waals surface area contributed by atoms with Crippen molar-refractivity contribution in [1.82, 2.24) is 19.9 Å². The Kier molecular flexibility index (Phi) is 4.18. The normalized spacial score (nSPS) is 11.2. The summed E-state index contributed by atoms with van der Waals surface area (Å²) in [6, 6.07) is 13.9. The van der Waals surface area contributed by atoms with E-state index in [9.17, 15) is 4.79 Å². The standard InChI is InChI=1S/C17H14N4OS2/c22-16(11-23-17-20-13-5-1-2-7-15(13)24-17)18-9-12-10-19-21-8-4-3-6-14(12)21/h1-8,10H,9,11H2,(H,18,22). The van der Waals surface area contributed by atoms with E-state index in [1.165, 1.54) is 11.8 Å². The summed E-state index contributed by atoms with van der Waals surface area (Å²) in [6.45, 7) is 0.479. The number of para-hydroxylation sites is 1. The molecule has 120 valence electrons. The Morgan fingerprint density at radius 1 is 1.21 bits per heavy atom. The highest BCUT2D eigenvalue weighted by atomic mass is 32.2. The summed E-state index contributed by atoms with van der Waals surface area (Å²) in [7, 11) is 0. The highest BCUT2D eigenvalue weighted by molar-refractivity contribution is 8.01. The van der Waals surface area contributed by atoms with Crippen molar-refractivity contribution in [3.05, 3.63) is 60.4 Å². The first kappa shape index (κ1) is 15.2. The van der Waals surface area contributed by atoms with Crippen LogP contribution in [0.5, 0.6) is 0 Å². The number of thioether (sulfide) groups is 1. The van der Waals surface area contributed by atoms with Crippen LogP contribution in [0.4, 0.5) is 0 Å². The summed E-state index contributed by atoms with van der Waals surface area (Å²) < 4.78 is 3.87. The van der Waals surface area contributed by atoms with E-state index in [1.54, 1.807) is 22.0 Å².